The fourth-order valence-corrected chi connectivity index (χ4v) is 1.48. The minimum absolute atomic E-state index is 0.296. The number of hydrogen-bond acceptors (Lipinski definition) is 3. The van der Waals surface area contributed by atoms with Crippen molar-refractivity contribution in [2.45, 2.75) is 25.9 Å². The highest BCUT2D eigenvalue weighted by atomic mass is 16.5. The molecule has 0 spiro atoms. The van der Waals surface area contributed by atoms with Gasteiger partial charge in [-0.3, -0.25) is 0 Å². The van der Waals surface area contributed by atoms with E-state index in [4.69, 9.17) is 4.74 Å². The van der Waals surface area contributed by atoms with E-state index in [-0.39, 0.29) is 5.97 Å². The molecule has 0 bridgehead atoms. The first-order chi connectivity index (χ1) is 8.83. The molecule has 0 N–H and O–H groups in total. The SMILES string of the molecule is COC(=O)/C=C\CCCCOCc1ccccc1. The minimum Gasteiger partial charge on any atom is -0.466 e. The topological polar surface area (TPSA) is 35.5 Å². The first-order valence-corrected chi connectivity index (χ1v) is 6.19. The number of benzene rings is 1. The van der Waals surface area contributed by atoms with E-state index in [1.807, 2.05) is 24.3 Å². The maximum atomic E-state index is 10.8. The average Bonchev–Trinajstić information content (AvgIpc) is 2.42. The smallest absolute Gasteiger partial charge is 0.330 e. The molecule has 0 atom stereocenters. The summed E-state index contributed by atoms with van der Waals surface area (Å²) < 4.78 is 10.0. The van der Waals surface area contributed by atoms with Crippen LogP contribution in [0, 0.1) is 0 Å². The van der Waals surface area contributed by atoms with Crippen LogP contribution >= 0.6 is 0 Å². The van der Waals surface area contributed by atoms with Gasteiger partial charge >= 0.3 is 5.97 Å². The fraction of sp³-hybridized carbons (Fsp3) is 0.400. The molecular formula is C15H20O3. The van der Waals surface area contributed by atoms with Crippen molar-refractivity contribution in [3.05, 3.63) is 48.0 Å². The number of rotatable bonds is 8. The van der Waals surface area contributed by atoms with E-state index in [9.17, 15) is 4.79 Å². The quantitative estimate of drug-likeness (QED) is 0.403. The summed E-state index contributed by atoms with van der Waals surface area (Å²) in [5, 5.41) is 0. The Hall–Kier alpha value is -1.61. The van der Waals surface area contributed by atoms with Crippen molar-refractivity contribution >= 4 is 5.97 Å². The Balaban J connectivity index is 1.96. The number of unbranched alkanes of at least 4 members (excludes halogenated alkanes) is 2. The molecule has 0 aromatic heterocycles. The van der Waals surface area contributed by atoms with Gasteiger partial charge in [0.15, 0.2) is 0 Å². The van der Waals surface area contributed by atoms with Crippen LogP contribution in [0.4, 0.5) is 0 Å². The number of ether oxygens (including phenoxy) is 2. The molecule has 0 fully saturated rings. The minimum atomic E-state index is -0.296. The Morgan fingerprint density at radius 3 is 2.72 bits per heavy atom. The molecule has 0 heterocycles. The molecule has 1 aromatic carbocycles. The summed E-state index contributed by atoms with van der Waals surface area (Å²) in [6.07, 6.45) is 6.19. The second kappa shape index (κ2) is 9.42. The van der Waals surface area contributed by atoms with Crippen molar-refractivity contribution in [3.63, 3.8) is 0 Å². The van der Waals surface area contributed by atoms with Gasteiger partial charge in [0.05, 0.1) is 13.7 Å². The van der Waals surface area contributed by atoms with E-state index >= 15 is 0 Å². The van der Waals surface area contributed by atoms with Crippen molar-refractivity contribution in [2.24, 2.45) is 0 Å². The maximum absolute atomic E-state index is 10.8. The van der Waals surface area contributed by atoms with Crippen LogP contribution in [0.2, 0.25) is 0 Å². The Labute approximate surface area is 108 Å². The fourth-order valence-electron chi connectivity index (χ4n) is 1.48. The van der Waals surface area contributed by atoms with E-state index in [2.05, 4.69) is 16.9 Å². The molecule has 3 heteroatoms. The summed E-state index contributed by atoms with van der Waals surface area (Å²) in [6, 6.07) is 10.1. The summed E-state index contributed by atoms with van der Waals surface area (Å²) in [5.74, 6) is -0.296. The predicted molar refractivity (Wildman–Crippen MR) is 71.1 cm³/mol. The highest BCUT2D eigenvalue weighted by molar-refractivity contribution is 5.81. The van der Waals surface area contributed by atoms with E-state index in [0.717, 1.165) is 25.9 Å². The van der Waals surface area contributed by atoms with Gasteiger partial charge in [0.1, 0.15) is 0 Å². The van der Waals surface area contributed by atoms with Crippen LogP contribution in [0.15, 0.2) is 42.5 Å². The maximum Gasteiger partial charge on any atom is 0.330 e. The monoisotopic (exact) mass is 248 g/mol. The number of methoxy groups -OCH3 is 1. The van der Waals surface area contributed by atoms with Crippen LogP contribution in [0.25, 0.3) is 0 Å². The van der Waals surface area contributed by atoms with Crippen molar-refractivity contribution in [3.8, 4) is 0 Å². The zero-order chi connectivity index (χ0) is 13.1. The molecule has 0 aliphatic rings. The second-order valence-electron chi connectivity index (χ2n) is 3.96. The van der Waals surface area contributed by atoms with Crippen LogP contribution < -0.4 is 0 Å². The molecule has 18 heavy (non-hydrogen) atoms. The molecule has 3 nitrogen and oxygen atoms in total. The van der Waals surface area contributed by atoms with Crippen LogP contribution in [0.1, 0.15) is 24.8 Å². The van der Waals surface area contributed by atoms with Crippen molar-refractivity contribution in [1.82, 2.24) is 0 Å². The van der Waals surface area contributed by atoms with Crippen molar-refractivity contribution in [1.29, 1.82) is 0 Å². The number of esters is 1. The highest BCUT2D eigenvalue weighted by Gasteiger charge is 1.93. The molecule has 0 saturated heterocycles. The lowest BCUT2D eigenvalue weighted by Crippen LogP contribution is -1.95. The van der Waals surface area contributed by atoms with Gasteiger partial charge in [-0.05, 0) is 24.8 Å². The lowest BCUT2D eigenvalue weighted by atomic mass is 10.2. The molecule has 98 valence electrons. The number of allylic oxidation sites excluding steroid dienone is 1. The zero-order valence-electron chi connectivity index (χ0n) is 10.8. The van der Waals surface area contributed by atoms with Gasteiger partial charge in [-0.1, -0.05) is 36.4 Å². The van der Waals surface area contributed by atoms with E-state index in [1.54, 1.807) is 0 Å². The van der Waals surface area contributed by atoms with Gasteiger partial charge < -0.3 is 9.47 Å². The van der Waals surface area contributed by atoms with Crippen LogP contribution in [0.5, 0.6) is 0 Å². The summed E-state index contributed by atoms with van der Waals surface area (Å²) in [7, 11) is 1.38. The molecule has 1 rings (SSSR count). The van der Waals surface area contributed by atoms with Gasteiger partial charge in [0.2, 0.25) is 0 Å². The third kappa shape index (κ3) is 6.86. The van der Waals surface area contributed by atoms with Gasteiger partial charge in [-0.2, -0.15) is 0 Å². The zero-order valence-corrected chi connectivity index (χ0v) is 10.8. The number of carbonyl (C=O) groups excluding carboxylic acids is 1. The van der Waals surface area contributed by atoms with Crippen LogP contribution in [-0.4, -0.2) is 19.7 Å². The lowest BCUT2D eigenvalue weighted by molar-refractivity contribution is -0.134. The highest BCUT2D eigenvalue weighted by Crippen LogP contribution is 2.03. The van der Waals surface area contributed by atoms with Gasteiger partial charge in [0, 0.05) is 12.7 Å². The number of carbonyl (C=O) groups is 1. The summed E-state index contributed by atoms with van der Waals surface area (Å²) in [4.78, 5) is 10.8. The average molecular weight is 248 g/mol. The van der Waals surface area contributed by atoms with Gasteiger partial charge in [0.25, 0.3) is 0 Å². The molecule has 0 unspecified atom stereocenters. The Kier molecular flexibility index (Phi) is 7.57. The Morgan fingerprint density at radius 1 is 1.22 bits per heavy atom. The third-order valence-corrected chi connectivity index (χ3v) is 2.48. The van der Waals surface area contributed by atoms with Crippen molar-refractivity contribution < 1.29 is 14.3 Å². The van der Waals surface area contributed by atoms with Crippen LogP contribution in [-0.2, 0) is 20.9 Å². The summed E-state index contributed by atoms with van der Waals surface area (Å²) in [5.41, 5.74) is 1.20. The molecule has 1 aromatic rings. The predicted octanol–water partition coefficient (Wildman–Crippen LogP) is 3.10. The van der Waals surface area contributed by atoms with E-state index in [1.165, 1.54) is 18.7 Å². The second-order valence-corrected chi connectivity index (χ2v) is 3.96. The Morgan fingerprint density at radius 2 is 2.00 bits per heavy atom. The standard InChI is InChI=1S/C15H20O3/c1-17-15(16)11-7-2-3-8-12-18-13-14-9-5-4-6-10-14/h4-7,9-11H,2-3,8,12-13H2,1H3/b11-7-. The van der Waals surface area contributed by atoms with Crippen LogP contribution in [0.3, 0.4) is 0 Å². The Bertz CT molecular complexity index is 357. The largest absolute Gasteiger partial charge is 0.466 e. The summed E-state index contributed by atoms with van der Waals surface area (Å²) >= 11 is 0. The van der Waals surface area contributed by atoms with E-state index < -0.39 is 0 Å². The molecule has 0 aliphatic carbocycles. The van der Waals surface area contributed by atoms with E-state index in [0.29, 0.717) is 6.61 Å². The summed E-state index contributed by atoms with van der Waals surface area (Å²) in [6.45, 7) is 1.42. The lowest BCUT2D eigenvalue weighted by Gasteiger charge is -2.03. The molecule has 0 amide bonds. The van der Waals surface area contributed by atoms with Crippen molar-refractivity contribution in [2.75, 3.05) is 13.7 Å². The normalized spacial score (nSPS) is 10.7. The first kappa shape index (κ1) is 14.5. The third-order valence-electron chi connectivity index (χ3n) is 2.48. The molecule has 0 aliphatic heterocycles. The number of hydrogen-bond donors (Lipinski definition) is 0. The first-order valence-electron chi connectivity index (χ1n) is 6.19. The molecule has 0 radical (unpaired) electrons. The van der Waals surface area contributed by atoms with Gasteiger partial charge in [-0.25, -0.2) is 4.79 Å². The molecule has 0 saturated carbocycles. The van der Waals surface area contributed by atoms with Gasteiger partial charge in [-0.15, -0.1) is 0 Å². The molecular weight excluding hydrogens is 228 g/mol.